The number of rotatable bonds is 5. The number of halogens is 5. The summed E-state index contributed by atoms with van der Waals surface area (Å²) in [5.74, 6) is -1.79. The molecular weight excluding hydrogens is 545 g/mol. The van der Waals surface area contributed by atoms with Gasteiger partial charge in [0.2, 0.25) is 0 Å². The van der Waals surface area contributed by atoms with Gasteiger partial charge in [-0.05, 0) is 48.9 Å². The quantitative estimate of drug-likeness (QED) is 0.274. The topological polar surface area (TPSA) is 63.0 Å². The molecule has 0 unspecified atom stereocenters. The maximum atomic E-state index is 14.2. The van der Waals surface area contributed by atoms with E-state index in [1.54, 1.807) is 24.3 Å². The van der Waals surface area contributed by atoms with Gasteiger partial charge in [0.25, 0.3) is 5.91 Å². The fraction of sp³-hybridized carbons (Fsp3) is 0.345. The van der Waals surface area contributed by atoms with Crippen molar-refractivity contribution >= 4 is 11.6 Å². The normalized spacial score (nSPS) is 14.1. The Hall–Kier alpha value is -4.06. The predicted octanol–water partition coefficient (Wildman–Crippen LogP) is 5.99. The van der Waals surface area contributed by atoms with E-state index in [1.165, 1.54) is 25.0 Å². The summed E-state index contributed by atoms with van der Waals surface area (Å²) in [5.41, 5.74) is -0.226. The third-order valence-corrected chi connectivity index (χ3v) is 6.80. The molecule has 12 heteroatoms. The predicted molar refractivity (Wildman–Crippen MR) is 144 cm³/mol. The van der Waals surface area contributed by atoms with Crippen LogP contribution in [0.1, 0.15) is 41.0 Å². The Labute approximate surface area is 234 Å². The number of methoxy groups -OCH3 is 1. The highest BCUT2D eigenvalue weighted by atomic mass is 19.4. The molecule has 1 aliphatic rings. The van der Waals surface area contributed by atoms with Crippen LogP contribution in [0.4, 0.5) is 22.0 Å². The molecule has 0 N–H and O–H groups in total. The number of piperazine rings is 1. The number of amides is 1. The van der Waals surface area contributed by atoms with Crippen molar-refractivity contribution in [1.29, 1.82) is 0 Å². The highest BCUT2D eigenvalue weighted by Crippen LogP contribution is 2.37. The van der Waals surface area contributed by atoms with Crippen LogP contribution in [0.15, 0.2) is 48.7 Å². The highest BCUT2D eigenvalue weighted by molar-refractivity contribution is 6.00. The number of fused-ring (bicyclic) bond motifs is 1. The number of benzene rings is 2. The first kappa shape index (κ1) is 29.9. The van der Waals surface area contributed by atoms with Crippen molar-refractivity contribution < 1.29 is 31.5 Å². The van der Waals surface area contributed by atoms with E-state index in [9.17, 15) is 26.7 Å². The molecule has 218 valence electrons. The SMILES string of the molecule is CC.COc1ccc(-c2nc3c(C(=O)N4CCN(Cc5ccc(F)c(F)c5)CC4)cnn3c(C(F)(F)F)c2C)cc1. The van der Waals surface area contributed by atoms with Crippen molar-refractivity contribution in [3.63, 3.8) is 0 Å². The van der Waals surface area contributed by atoms with Crippen LogP contribution in [0.3, 0.4) is 0 Å². The Kier molecular flexibility index (Phi) is 8.91. The molecule has 1 fully saturated rings. The molecule has 0 aliphatic carbocycles. The second-order valence-corrected chi connectivity index (χ2v) is 9.27. The number of hydrogen-bond donors (Lipinski definition) is 0. The molecular formula is C29H30F5N5O2. The Morgan fingerprint density at radius 2 is 1.63 bits per heavy atom. The molecule has 1 amide bonds. The van der Waals surface area contributed by atoms with Crippen molar-refractivity contribution in [2.24, 2.45) is 0 Å². The molecule has 0 atom stereocenters. The summed E-state index contributed by atoms with van der Waals surface area (Å²) >= 11 is 0. The summed E-state index contributed by atoms with van der Waals surface area (Å²) < 4.78 is 75.1. The van der Waals surface area contributed by atoms with Crippen LogP contribution in [-0.2, 0) is 12.7 Å². The number of aromatic nitrogens is 3. The van der Waals surface area contributed by atoms with Gasteiger partial charge in [0.05, 0.1) is 19.0 Å². The average Bonchev–Trinajstić information content (AvgIpc) is 3.38. The lowest BCUT2D eigenvalue weighted by atomic mass is 10.0. The summed E-state index contributed by atoms with van der Waals surface area (Å²) in [6, 6.07) is 10.2. The fourth-order valence-electron chi connectivity index (χ4n) is 4.76. The molecule has 2 aromatic carbocycles. The molecule has 0 bridgehead atoms. The molecule has 7 nitrogen and oxygen atoms in total. The molecule has 4 aromatic rings. The standard InChI is InChI=1S/C27H24F5N5O2.C2H6/c1-16-23(18-4-6-19(39-2)7-5-18)34-25-20(14-33-37(25)24(16)27(30,31)32)26(38)36-11-9-35(10-12-36)15-17-3-8-21(28)22(29)13-17;1-2/h3-8,13-14H,9-12,15H2,1-2H3;1-2H3. The smallest absolute Gasteiger partial charge is 0.433 e. The van der Waals surface area contributed by atoms with Crippen LogP contribution < -0.4 is 4.74 Å². The van der Waals surface area contributed by atoms with Crippen molar-refractivity contribution in [2.75, 3.05) is 33.3 Å². The van der Waals surface area contributed by atoms with Gasteiger partial charge in [-0.25, -0.2) is 18.3 Å². The Bertz CT molecular complexity index is 1530. The third kappa shape index (κ3) is 6.17. The monoisotopic (exact) mass is 575 g/mol. The van der Waals surface area contributed by atoms with Gasteiger partial charge in [0.1, 0.15) is 11.3 Å². The zero-order chi connectivity index (χ0) is 29.9. The van der Waals surface area contributed by atoms with Gasteiger partial charge < -0.3 is 9.64 Å². The number of ether oxygens (including phenoxy) is 1. The van der Waals surface area contributed by atoms with Gasteiger partial charge in [0.15, 0.2) is 23.0 Å². The molecule has 1 saturated heterocycles. The number of carbonyl (C=O) groups excluding carboxylic acids is 1. The zero-order valence-electron chi connectivity index (χ0n) is 23.1. The van der Waals surface area contributed by atoms with E-state index >= 15 is 0 Å². The van der Waals surface area contributed by atoms with Crippen molar-refractivity contribution in [1.82, 2.24) is 24.4 Å². The summed E-state index contributed by atoms with van der Waals surface area (Å²) in [5, 5.41) is 3.90. The lowest BCUT2D eigenvalue weighted by Crippen LogP contribution is -2.48. The maximum Gasteiger partial charge on any atom is 0.433 e. The molecule has 1 aliphatic heterocycles. The van der Waals surface area contributed by atoms with Gasteiger partial charge in [0, 0.05) is 43.9 Å². The maximum absolute atomic E-state index is 14.2. The summed E-state index contributed by atoms with van der Waals surface area (Å²) in [6.07, 6.45) is -3.63. The minimum absolute atomic E-state index is 0.0377. The molecule has 2 aromatic heterocycles. The highest BCUT2D eigenvalue weighted by Gasteiger charge is 2.39. The van der Waals surface area contributed by atoms with Gasteiger partial charge in [-0.1, -0.05) is 19.9 Å². The minimum atomic E-state index is -4.75. The van der Waals surface area contributed by atoms with E-state index in [0.29, 0.717) is 54.1 Å². The summed E-state index contributed by atoms with van der Waals surface area (Å²) in [6.45, 7) is 7.18. The van der Waals surface area contributed by atoms with E-state index in [0.717, 1.165) is 18.3 Å². The van der Waals surface area contributed by atoms with Crippen molar-refractivity contribution in [3.05, 3.63) is 82.7 Å². The number of alkyl halides is 3. The zero-order valence-corrected chi connectivity index (χ0v) is 23.1. The van der Waals surface area contributed by atoms with Gasteiger partial charge in [-0.15, -0.1) is 0 Å². The largest absolute Gasteiger partial charge is 0.497 e. The van der Waals surface area contributed by atoms with E-state index in [4.69, 9.17) is 4.74 Å². The third-order valence-electron chi connectivity index (χ3n) is 6.80. The lowest BCUT2D eigenvalue weighted by Gasteiger charge is -2.34. The Morgan fingerprint density at radius 3 is 2.22 bits per heavy atom. The van der Waals surface area contributed by atoms with Crippen LogP contribution in [0.5, 0.6) is 5.75 Å². The van der Waals surface area contributed by atoms with E-state index < -0.39 is 29.4 Å². The first-order chi connectivity index (χ1) is 19.6. The van der Waals surface area contributed by atoms with Gasteiger partial charge >= 0.3 is 6.18 Å². The van der Waals surface area contributed by atoms with Gasteiger partial charge in [-0.3, -0.25) is 9.69 Å². The summed E-state index contributed by atoms with van der Waals surface area (Å²) in [7, 11) is 1.49. The van der Waals surface area contributed by atoms with E-state index in [-0.39, 0.29) is 22.5 Å². The number of nitrogens with zero attached hydrogens (tertiary/aromatic N) is 5. The average molecular weight is 576 g/mol. The second-order valence-electron chi connectivity index (χ2n) is 9.27. The van der Waals surface area contributed by atoms with Crippen LogP contribution in [0.2, 0.25) is 0 Å². The fourth-order valence-corrected chi connectivity index (χ4v) is 4.76. The first-order valence-corrected chi connectivity index (χ1v) is 13.1. The van der Waals surface area contributed by atoms with Gasteiger partial charge in [-0.2, -0.15) is 18.3 Å². The van der Waals surface area contributed by atoms with E-state index in [2.05, 4.69) is 10.1 Å². The molecule has 41 heavy (non-hydrogen) atoms. The number of carbonyl (C=O) groups is 1. The van der Waals surface area contributed by atoms with Crippen LogP contribution in [0, 0.1) is 18.6 Å². The van der Waals surface area contributed by atoms with Crippen molar-refractivity contribution in [3.8, 4) is 17.0 Å². The molecule has 0 saturated carbocycles. The van der Waals surface area contributed by atoms with Crippen LogP contribution in [-0.4, -0.2) is 63.6 Å². The molecule has 3 heterocycles. The lowest BCUT2D eigenvalue weighted by molar-refractivity contribution is -0.143. The summed E-state index contributed by atoms with van der Waals surface area (Å²) in [4.78, 5) is 21.4. The second kappa shape index (κ2) is 12.2. The molecule has 5 rings (SSSR count). The molecule has 0 radical (unpaired) electrons. The van der Waals surface area contributed by atoms with Crippen LogP contribution >= 0.6 is 0 Å². The van der Waals surface area contributed by atoms with Crippen LogP contribution in [0.25, 0.3) is 16.9 Å². The Balaban J connectivity index is 0.00000189. The van der Waals surface area contributed by atoms with Crippen molar-refractivity contribution in [2.45, 2.75) is 33.5 Å². The Morgan fingerprint density at radius 1 is 0.976 bits per heavy atom. The molecule has 0 spiro atoms. The minimum Gasteiger partial charge on any atom is -0.497 e. The first-order valence-electron chi connectivity index (χ1n) is 13.1. The number of hydrogen-bond acceptors (Lipinski definition) is 5. The van der Waals surface area contributed by atoms with E-state index in [1.807, 2.05) is 18.7 Å².